The van der Waals surface area contributed by atoms with Crippen molar-refractivity contribution >= 4 is 22.2 Å². The van der Waals surface area contributed by atoms with Crippen molar-refractivity contribution < 1.29 is 21.9 Å². The molecule has 0 aliphatic rings. The van der Waals surface area contributed by atoms with Crippen molar-refractivity contribution in [2.45, 2.75) is 6.92 Å². The number of hydrogen-bond donors (Lipinski definition) is 1. The van der Waals surface area contributed by atoms with Crippen molar-refractivity contribution in [1.82, 2.24) is 0 Å². The fraction of sp³-hybridized carbons (Fsp3) is 0.0556. The fourth-order valence-corrected chi connectivity index (χ4v) is 2.39. The third-order valence-electron chi connectivity index (χ3n) is 3.32. The average Bonchev–Trinajstić information content (AvgIpc) is 2.48. The number of phenolic OH excluding ortho intramolecular Hbond substituents is 1. The summed E-state index contributed by atoms with van der Waals surface area (Å²) in [6.45, 7) is 1.93. The van der Waals surface area contributed by atoms with Gasteiger partial charge in [0.25, 0.3) is 0 Å². The van der Waals surface area contributed by atoms with Gasteiger partial charge in [-0.1, -0.05) is 48.5 Å². The van der Waals surface area contributed by atoms with Crippen LogP contribution in [0.25, 0.3) is 10.8 Å². The number of fused-ring (bicyclic) bond motifs is 1. The smallest absolute Gasteiger partial charge is 0.125 e. The minimum absolute atomic E-state index is 0. The van der Waals surface area contributed by atoms with Crippen LogP contribution in [0.15, 0.2) is 71.7 Å². The molecule has 0 amide bonds. The summed E-state index contributed by atoms with van der Waals surface area (Å²) in [4.78, 5) is 4.60. The van der Waals surface area contributed by atoms with E-state index < -0.39 is 0 Å². The van der Waals surface area contributed by atoms with Crippen LogP contribution in [-0.2, 0) is 16.8 Å². The Morgan fingerprint density at radius 3 is 2.29 bits per heavy atom. The number of aromatic hydroxyl groups is 1. The molecule has 0 aromatic heterocycles. The molecule has 3 heteroatoms. The predicted octanol–water partition coefficient (Wildman–Crippen LogP) is 4.68. The normalized spacial score (nSPS) is 11.2. The van der Waals surface area contributed by atoms with Crippen LogP contribution in [0.5, 0.6) is 5.75 Å². The molecule has 1 radical (unpaired) electrons. The van der Waals surface area contributed by atoms with E-state index in [1.807, 2.05) is 67.6 Å². The molecule has 0 saturated heterocycles. The number of hydrogen-bond acceptors (Lipinski definition) is 2. The van der Waals surface area contributed by atoms with E-state index in [1.165, 1.54) is 0 Å². The van der Waals surface area contributed by atoms with Crippen molar-refractivity contribution in [3.63, 3.8) is 0 Å². The van der Waals surface area contributed by atoms with Gasteiger partial charge in [0.05, 0.1) is 5.69 Å². The first-order valence-electron chi connectivity index (χ1n) is 6.57. The molecule has 0 aliphatic heterocycles. The summed E-state index contributed by atoms with van der Waals surface area (Å²) >= 11 is 0. The molecule has 0 saturated carbocycles. The van der Waals surface area contributed by atoms with Crippen molar-refractivity contribution in [2.24, 2.45) is 4.99 Å². The third kappa shape index (κ3) is 3.15. The molecule has 0 heterocycles. The first kappa shape index (κ1) is 15.3. The summed E-state index contributed by atoms with van der Waals surface area (Å²) < 4.78 is 0. The first-order valence-corrected chi connectivity index (χ1v) is 6.57. The molecular weight excluding hydrogens is 305 g/mol. The monoisotopic (exact) mass is 320 g/mol. The number of aliphatic imine (C=N–C) groups is 1. The quantitative estimate of drug-likeness (QED) is 0.683. The van der Waals surface area contributed by atoms with E-state index >= 15 is 0 Å². The van der Waals surface area contributed by atoms with Crippen LogP contribution < -0.4 is 0 Å². The van der Waals surface area contributed by atoms with Crippen molar-refractivity contribution in [3.8, 4) is 5.75 Å². The Morgan fingerprint density at radius 1 is 0.857 bits per heavy atom. The van der Waals surface area contributed by atoms with Gasteiger partial charge in [0, 0.05) is 28.1 Å². The maximum atomic E-state index is 10.2. The molecule has 0 bridgehead atoms. The Kier molecular flexibility index (Phi) is 4.78. The first-order chi connectivity index (χ1) is 9.75. The molecule has 3 rings (SSSR count). The topological polar surface area (TPSA) is 32.6 Å². The summed E-state index contributed by atoms with van der Waals surface area (Å²) in [5.74, 6) is 0.265. The van der Waals surface area contributed by atoms with Gasteiger partial charge in [-0.2, -0.15) is 0 Å². The Labute approximate surface area is 134 Å². The number of phenols is 1. The van der Waals surface area contributed by atoms with Gasteiger partial charge in [-0.05, 0) is 35.9 Å². The molecule has 1 N–H and O–H groups in total. The summed E-state index contributed by atoms with van der Waals surface area (Å²) in [5, 5.41) is 12.3. The molecule has 107 valence electrons. The van der Waals surface area contributed by atoms with E-state index in [-0.39, 0.29) is 22.5 Å². The molecule has 0 fully saturated rings. The van der Waals surface area contributed by atoms with Gasteiger partial charge >= 0.3 is 0 Å². The molecule has 2 nitrogen and oxygen atoms in total. The van der Waals surface area contributed by atoms with E-state index in [0.717, 1.165) is 27.7 Å². The van der Waals surface area contributed by atoms with E-state index in [1.54, 1.807) is 6.07 Å². The predicted molar refractivity (Wildman–Crippen MR) is 83.9 cm³/mol. The number of rotatable bonds is 2. The summed E-state index contributed by atoms with van der Waals surface area (Å²) in [7, 11) is 0. The van der Waals surface area contributed by atoms with Gasteiger partial charge in [-0.3, -0.25) is 4.99 Å². The zero-order valence-corrected chi connectivity index (χ0v) is 12.6. The molecule has 0 unspecified atom stereocenters. The van der Waals surface area contributed by atoms with Gasteiger partial charge in [0.15, 0.2) is 0 Å². The van der Waals surface area contributed by atoms with Gasteiger partial charge in [-0.15, -0.1) is 0 Å². The Balaban J connectivity index is 0.00000161. The van der Waals surface area contributed by atoms with Crippen LogP contribution >= 0.6 is 0 Å². The molecule has 3 aromatic rings. The second kappa shape index (κ2) is 6.57. The van der Waals surface area contributed by atoms with E-state index in [2.05, 4.69) is 4.99 Å². The number of para-hydroxylation sites is 1. The van der Waals surface area contributed by atoms with Crippen LogP contribution in [0, 0.1) is 0 Å². The van der Waals surface area contributed by atoms with Crippen LogP contribution in [-0.4, -0.2) is 10.8 Å². The van der Waals surface area contributed by atoms with Crippen molar-refractivity contribution in [3.05, 3.63) is 72.3 Å². The minimum Gasteiger partial charge on any atom is -0.507 e. The summed E-state index contributed by atoms with van der Waals surface area (Å²) in [6.07, 6.45) is 0. The second-order valence-electron chi connectivity index (χ2n) is 4.71. The van der Waals surface area contributed by atoms with Gasteiger partial charge < -0.3 is 5.11 Å². The van der Waals surface area contributed by atoms with E-state index in [0.29, 0.717) is 0 Å². The molecule has 0 atom stereocenters. The molecule has 0 spiro atoms. The maximum Gasteiger partial charge on any atom is 0.125 e. The largest absolute Gasteiger partial charge is 0.507 e. The SMILES string of the molecule is CC(=Nc1ccccc1)c1c(O)ccc2ccccc12.[Co]. The Bertz CT molecular complexity index is 782. The van der Waals surface area contributed by atoms with Crippen molar-refractivity contribution in [2.75, 3.05) is 0 Å². The summed E-state index contributed by atoms with van der Waals surface area (Å²) in [6, 6.07) is 21.4. The van der Waals surface area contributed by atoms with Gasteiger partial charge in [0.1, 0.15) is 5.75 Å². The van der Waals surface area contributed by atoms with Crippen LogP contribution in [0.2, 0.25) is 0 Å². The number of benzene rings is 3. The van der Waals surface area contributed by atoms with E-state index in [9.17, 15) is 5.11 Å². The zero-order chi connectivity index (χ0) is 13.9. The summed E-state index contributed by atoms with van der Waals surface area (Å²) in [5.41, 5.74) is 2.50. The number of nitrogens with zero attached hydrogens (tertiary/aromatic N) is 1. The fourth-order valence-electron chi connectivity index (χ4n) is 2.39. The zero-order valence-electron chi connectivity index (χ0n) is 11.6. The Hall–Kier alpha value is -2.10. The van der Waals surface area contributed by atoms with Crippen LogP contribution in [0.3, 0.4) is 0 Å². The van der Waals surface area contributed by atoms with Gasteiger partial charge in [0.2, 0.25) is 0 Å². The second-order valence-corrected chi connectivity index (χ2v) is 4.71. The van der Waals surface area contributed by atoms with Crippen LogP contribution in [0.1, 0.15) is 12.5 Å². The third-order valence-corrected chi connectivity index (χ3v) is 3.32. The standard InChI is InChI=1S/C18H15NO.Co/c1-13(19-15-8-3-2-4-9-15)18-16-10-6-5-7-14(16)11-12-17(18)20;/h2-12,20H,1H3;. The van der Waals surface area contributed by atoms with E-state index in [4.69, 9.17) is 0 Å². The molecule has 0 aliphatic carbocycles. The average molecular weight is 320 g/mol. The minimum atomic E-state index is 0. The van der Waals surface area contributed by atoms with Gasteiger partial charge in [-0.25, -0.2) is 0 Å². The van der Waals surface area contributed by atoms with Crippen molar-refractivity contribution in [1.29, 1.82) is 0 Å². The maximum absolute atomic E-state index is 10.2. The van der Waals surface area contributed by atoms with Crippen LogP contribution in [0.4, 0.5) is 5.69 Å². The molecule has 21 heavy (non-hydrogen) atoms. The molecular formula is C18H15CoNO. The Morgan fingerprint density at radius 2 is 1.52 bits per heavy atom. The molecule has 3 aromatic carbocycles.